The van der Waals surface area contributed by atoms with Crippen LogP contribution in [-0.2, 0) is 15.4 Å². The molecule has 0 atom stereocenters. The Morgan fingerprint density at radius 3 is 2.09 bits per heavy atom. The molecule has 7 nitrogen and oxygen atoms in total. The van der Waals surface area contributed by atoms with Crippen molar-refractivity contribution in [3.63, 3.8) is 0 Å². The van der Waals surface area contributed by atoms with E-state index in [9.17, 15) is 36.6 Å². The number of carbonyl (C=O) groups excluding carboxylic acids is 1. The van der Waals surface area contributed by atoms with Gasteiger partial charge in [0.15, 0.2) is 9.84 Å². The number of aliphatic imine (C=N–C) groups is 1. The van der Waals surface area contributed by atoms with Gasteiger partial charge in [-0.05, 0) is 42.3 Å². The molecule has 11 heteroatoms. The number of hydrogen-bond donors (Lipinski definition) is 3. The molecule has 2 aromatic carbocycles. The second-order valence-electron chi connectivity index (χ2n) is 8.43. The number of amides is 1. The Bertz CT molecular complexity index is 1190. The molecule has 0 saturated heterocycles. The van der Waals surface area contributed by atoms with Crippen molar-refractivity contribution in [1.82, 2.24) is 5.32 Å². The van der Waals surface area contributed by atoms with Crippen molar-refractivity contribution in [2.45, 2.75) is 44.3 Å². The van der Waals surface area contributed by atoms with Gasteiger partial charge in [0.1, 0.15) is 11.3 Å². The van der Waals surface area contributed by atoms with Gasteiger partial charge in [0, 0.05) is 11.5 Å². The highest BCUT2D eigenvalue weighted by atomic mass is 32.2. The number of aryl methyl sites for hydroxylation is 1. The first-order valence-corrected chi connectivity index (χ1v) is 12.5. The predicted molar refractivity (Wildman–Crippen MR) is 127 cm³/mol. The van der Waals surface area contributed by atoms with Gasteiger partial charge in [-0.25, -0.2) is 13.4 Å². The number of aliphatic hydroxyl groups excluding tert-OH is 2. The van der Waals surface area contributed by atoms with Crippen molar-refractivity contribution in [3.05, 3.63) is 59.2 Å². The first kappa shape index (κ1) is 28.5. The summed E-state index contributed by atoms with van der Waals surface area (Å²) in [6.45, 7) is 4.34. The molecule has 3 N–H and O–H groups in total. The van der Waals surface area contributed by atoms with Crippen LogP contribution in [0.25, 0.3) is 0 Å². The molecule has 0 fully saturated rings. The van der Waals surface area contributed by atoms with E-state index in [1.54, 1.807) is 6.92 Å². The monoisotopic (exact) mass is 514 g/mol. The predicted octanol–water partition coefficient (Wildman–Crippen LogP) is 3.69. The molecule has 192 valence electrons. The van der Waals surface area contributed by atoms with Crippen molar-refractivity contribution < 1.29 is 36.6 Å². The van der Waals surface area contributed by atoms with Gasteiger partial charge in [-0.1, -0.05) is 39.0 Å². The standard InChI is InChI=1S/C24H29F3N2O5S/c1-5-35(33,34)19-10-8-18(9-11-19)23(13-30,14-31)29-22(32)17-7-6-16(4)20(12-17)28-21(15(2)3)24(25,26)27/h6-12,15,30-31H,5,13-14H2,1-4H3,(H,29,32). The van der Waals surface area contributed by atoms with E-state index in [0.29, 0.717) is 5.56 Å². The Morgan fingerprint density at radius 1 is 1.06 bits per heavy atom. The van der Waals surface area contributed by atoms with Crippen molar-refractivity contribution in [2.75, 3.05) is 19.0 Å². The minimum Gasteiger partial charge on any atom is -0.393 e. The second-order valence-corrected chi connectivity index (χ2v) is 10.7. The second kappa shape index (κ2) is 10.9. The summed E-state index contributed by atoms with van der Waals surface area (Å²) in [6.07, 6.45) is -4.64. The number of aliphatic hydroxyl groups is 2. The fourth-order valence-electron chi connectivity index (χ4n) is 3.34. The van der Waals surface area contributed by atoms with Gasteiger partial charge in [0.2, 0.25) is 0 Å². The summed E-state index contributed by atoms with van der Waals surface area (Å²) in [4.78, 5) is 16.8. The van der Waals surface area contributed by atoms with E-state index in [1.165, 1.54) is 63.2 Å². The van der Waals surface area contributed by atoms with Crippen LogP contribution in [-0.4, -0.2) is 55.4 Å². The number of carbonyl (C=O) groups is 1. The molecule has 0 bridgehead atoms. The van der Waals surface area contributed by atoms with E-state index in [1.807, 2.05) is 0 Å². The first-order chi connectivity index (χ1) is 16.2. The molecule has 0 aliphatic carbocycles. The maximum Gasteiger partial charge on any atom is 0.429 e. The molecule has 0 aromatic heterocycles. The van der Waals surface area contributed by atoms with Crippen molar-refractivity contribution in [1.29, 1.82) is 0 Å². The fraction of sp³-hybridized carbons (Fsp3) is 0.417. The number of halogens is 3. The third-order valence-corrected chi connectivity index (χ3v) is 7.34. The number of alkyl halides is 3. The van der Waals surface area contributed by atoms with Gasteiger partial charge in [-0.15, -0.1) is 0 Å². The summed E-state index contributed by atoms with van der Waals surface area (Å²) in [5.74, 6) is -1.78. The van der Waals surface area contributed by atoms with E-state index in [4.69, 9.17) is 0 Å². The molecule has 35 heavy (non-hydrogen) atoms. The average Bonchev–Trinajstić information content (AvgIpc) is 2.81. The van der Waals surface area contributed by atoms with E-state index in [0.717, 1.165) is 0 Å². The van der Waals surface area contributed by atoms with Crippen LogP contribution in [0.15, 0.2) is 52.4 Å². The van der Waals surface area contributed by atoms with Crippen LogP contribution in [0.4, 0.5) is 18.9 Å². The summed E-state index contributed by atoms with van der Waals surface area (Å²) in [5, 5.41) is 22.6. The van der Waals surface area contributed by atoms with E-state index in [-0.39, 0.29) is 27.5 Å². The van der Waals surface area contributed by atoms with Crippen LogP contribution < -0.4 is 5.32 Å². The summed E-state index contributed by atoms with van der Waals surface area (Å²) < 4.78 is 64.2. The lowest BCUT2D eigenvalue weighted by Gasteiger charge is -2.32. The Labute approximate surface area is 202 Å². The summed E-state index contributed by atoms with van der Waals surface area (Å²) in [5.41, 5.74) is -2.06. The largest absolute Gasteiger partial charge is 0.429 e. The third kappa shape index (κ3) is 6.47. The van der Waals surface area contributed by atoms with Crippen LogP contribution in [0.1, 0.15) is 42.3 Å². The normalized spacial score (nSPS) is 13.3. The van der Waals surface area contributed by atoms with E-state index >= 15 is 0 Å². The Balaban J connectivity index is 2.45. The van der Waals surface area contributed by atoms with Crippen molar-refractivity contribution >= 4 is 27.1 Å². The smallest absolute Gasteiger partial charge is 0.393 e. The van der Waals surface area contributed by atoms with Gasteiger partial charge in [0.25, 0.3) is 5.91 Å². The quantitative estimate of drug-likeness (QED) is 0.442. The zero-order chi connectivity index (χ0) is 26.6. The minimum atomic E-state index is -4.64. The molecule has 0 heterocycles. The maximum atomic E-state index is 13.4. The molecule has 2 rings (SSSR count). The topological polar surface area (TPSA) is 116 Å². The number of nitrogens with one attached hydrogen (secondary N) is 1. The molecule has 0 unspecified atom stereocenters. The van der Waals surface area contributed by atoms with Crippen LogP contribution >= 0.6 is 0 Å². The number of rotatable bonds is 9. The Hall–Kier alpha value is -2.76. The molecular weight excluding hydrogens is 485 g/mol. The van der Waals surface area contributed by atoms with Gasteiger partial charge in [-0.3, -0.25) is 4.79 Å². The third-order valence-electron chi connectivity index (χ3n) is 5.59. The summed E-state index contributed by atoms with van der Waals surface area (Å²) in [7, 11) is -3.48. The highest BCUT2D eigenvalue weighted by molar-refractivity contribution is 7.91. The van der Waals surface area contributed by atoms with Crippen LogP contribution in [0, 0.1) is 12.8 Å². The summed E-state index contributed by atoms with van der Waals surface area (Å²) >= 11 is 0. The minimum absolute atomic E-state index is 0.0314. The lowest BCUT2D eigenvalue weighted by atomic mass is 9.91. The van der Waals surface area contributed by atoms with Gasteiger partial charge in [-0.2, -0.15) is 13.2 Å². The summed E-state index contributed by atoms with van der Waals surface area (Å²) in [6, 6.07) is 9.41. The molecular formula is C24H29F3N2O5S. The SMILES string of the molecule is CCS(=O)(=O)c1ccc(C(CO)(CO)NC(=O)c2ccc(C)c(N=C(C(C)C)C(F)(F)F)c2)cc1. The van der Waals surface area contributed by atoms with Crippen LogP contribution in [0.5, 0.6) is 0 Å². The molecule has 0 aliphatic rings. The first-order valence-electron chi connectivity index (χ1n) is 10.8. The molecule has 2 aromatic rings. The fourth-order valence-corrected chi connectivity index (χ4v) is 4.23. The lowest BCUT2D eigenvalue weighted by molar-refractivity contribution is -0.0621. The number of hydrogen-bond acceptors (Lipinski definition) is 6. The molecule has 1 amide bonds. The van der Waals surface area contributed by atoms with E-state index in [2.05, 4.69) is 10.3 Å². The highest BCUT2D eigenvalue weighted by Gasteiger charge is 2.38. The average molecular weight is 515 g/mol. The van der Waals surface area contributed by atoms with Gasteiger partial charge >= 0.3 is 6.18 Å². The number of benzene rings is 2. The van der Waals surface area contributed by atoms with Gasteiger partial charge < -0.3 is 15.5 Å². The Kier molecular flexibility index (Phi) is 8.85. The van der Waals surface area contributed by atoms with E-state index < -0.39 is 52.3 Å². The molecule has 0 radical (unpaired) electrons. The molecule has 0 aliphatic heterocycles. The number of nitrogens with zero attached hydrogens (tertiary/aromatic N) is 1. The van der Waals surface area contributed by atoms with Crippen molar-refractivity contribution in [3.8, 4) is 0 Å². The Morgan fingerprint density at radius 2 is 1.63 bits per heavy atom. The van der Waals surface area contributed by atoms with Crippen LogP contribution in [0.2, 0.25) is 0 Å². The highest BCUT2D eigenvalue weighted by Crippen LogP contribution is 2.29. The lowest BCUT2D eigenvalue weighted by Crippen LogP contribution is -2.51. The zero-order valence-corrected chi connectivity index (χ0v) is 20.7. The van der Waals surface area contributed by atoms with Crippen molar-refractivity contribution in [2.24, 2.45) is 10.9 Å². The maximum absolute atomic E-state index is 13.4. The molecule has 0 saturated carbocycles. The zero-order valence-electron chi connectivity index (χ0n) is 19.8. The van der Waals surface area contributed by atoms with Gasteiger partial charge in [0.05, 0.1) is 29.5 Å². The number of sulfone groups is 1. The molecule has 0 spiro atoms. The van der Waals surface area contributed by atoms with Crippen LogP contribution in [0.3, 0.4) is 0 Å².